The number of allylic oxidation sites excluding steroid dienone is 2. The van der Waals surface area contributed by atoms with Gasteiger partial charge in [0.15, 0.2) is 0 Å². The summed E-state index contributed by atoms with van der Waals surface area (Å²) in [7, 11) is 1.80. The van der Waals surface area contributed by atoms with Gasteiger partial charge in [0.2, 0.25) is 0 Å². The number of hydrogen-bond acceptors (Lipinski definition) is 1. The van der Waals surface area contributed by atoms with Crippen molar-refractivity contribution in [3.8, 4) is 0 Å². The van der Waals surface area contributed by atoms with Crippen LogP contribution in [0.2, 0.25) is 0 Å². The fourth-order valence-corrected chi connectivity index (χ4v) is 4.64. The van der Waals surface area contributed by atoms with Crippen LogP contribution in [-0.2, 0) is 4.74 Å². The highest BCUT2D eigenvalue weighted by atomic mass is 16.5. The van der Waals surface area contributed by atoms with Crippen molar-refractivity contribution >= 4 is 0 Å². The SMILES string of the molecule is COCCC/C=C1\CC2CC1C1CCCC21. The van der Waals surface area contributed by atoms with Gasteiger partial charge in [-0.3, -0.25) is 0 Å². The van der Waals surface area contributed by atoms with Crippen LogP contribution in [0.3, 0.4) is 0 Å². The van der Waals surface area contributed by atoms with E-state index in [0.29, 0.717) is 0 Å². The smallest absolute Gasteiger partial charge is 0.0465 e. The maximum atomic E-state index is 5.11. The molecule has 4 unspecified atom stereocenters. The van der Waals surface area contributed by atoms with Crippen molar-refractivity contribution in [1.29, 1.82) is 0 Å². The first kappa shape index (κ1) is 10.8. The van der Waals surface area contributed by atoms with E-state index < -0.39 is 0 Å². The van der Waals surface area contributed by atoms with Crippen LogP contribution >= 0.6 is 0 Å². The van der Waals surface area contributed by atoms with Crippen LogP contribution < -0.4 is 0 Å². The van der Waals surface area contributed by atoms with Gasteiger partial charge in [0.05, 0.1) is 0 Å². The molecule has 0 radical (unpaired) electrons. The summed E-state index contributed by atoms with van der Waals surface area (Å²) in [5.74, 6) is 4.29. The summed E-state index contributed by atoms with van der Waals surface area (Å²) >= 11 is 0. The van der Waals surface area contributed by atoms with Crippen molar-refractivity contribution in [3.05, 3.63) is 11.6 Å². The van der Waals surface area contributed by atoms with Crippen LogP contribution in [-0.4, -0.2) is 13.7 Å². The van der Waals surface area contributed by atoms with Crippen molar-refractivity contribution in [2.75, 3.05) is 13.7 Å². The lowest BCUT2D eigenvalue weighted by Gasteiger charge is -2.26. The third-order valence-electron chi connectivity index (χ3n) is 5.24. The van der Waals surface area contributed by atoms with Gasteiger partial charge in [-0.2, -0.15) is 0 Å². The molecule has 2 bridgehead atoms. The van der Waals surface area contributed by atoms with Crippen molar-refractivity contribution < 1.29 is 4.74 Å². The molecule has 0 aromatic heterocycles. The Morgan fingerprint density at radius 1 is 1.31 bits per heavy atom. The van der Waals surface area contributed by atoms with Crippen LogP contribution in [0.25, 0.3) is 0 Å². The highest BCUT2D eigenvalue weighted by Crippen LogP contribution is 2.60. The van der Waals surface area contributed by atoms with E-state index >= 15 is 0 Å². The molecule has 0 aromatic carbocycles. The first-order valence-corrected chi connectivity index (χ1v) is 7.08. The Bertz CT molecular complexity index is 281. The molecule has 4 atom stereocenters. The van der Waals surface area contributed by atoms with E-state index in [1.807, 2.05) is 5.57 Å². The minimum Gasteiger partial charge on any atom is -0.385 e. The number of rotatable bonds is 4. The molecular weight excluding hydrogens is 196 g/mol. The summed E-state index contributed by atoms with van der Waals surface area (Å²) in [5.41, 5.74) is 1.82. The van der Waals surface area contributed by atoms with Crippen molar-refractivity contribution in [2.45, 2.75) is 44.9 Å². The number of ether oxygens (including phenoxy) is 1. The molecule has 0 heterocycles. The zero-order valence-electron chi connectivity index (χ0n) is 10.5. The average Bonchev–Trinajstić information content (AvgIpc) is 2.95. The second-order valence-electron chi connectivity index (χ2n) is 5.98. The lowest BCUT2D eigenvalue weighted by molar-refractivity contribution is 0.195. The monoisotopic (exact) mass is 220 g/mol. The van der Waals surface area contributed by atoms with Gasteiger partial charge in [-0.1, -0.05) is 18.1 Å². The van der Waals surface area contributed by atoms with E-state index in [9.17, 15) is 0 Å². The van der Waals surface area contributed by atoms with Gasteiger partial charge in [0.1, 0.15) is 0 Å². The molecule has 1 nitrogen and oxygen atoms in total. The second kappa shape index (κ2) is 4.52. The number of fused-ring (bicyclic) bond motifs is 5. The van der Waals surface area contributed by atoms with Gasteiger partial charge in [-0.15, -0.1) is 0 Å². The Morgan fingerprint density at radius 3 is 3.06 bits per heavy atom. The molecule has 3 aliphatic rings. The fraction of sp³-hybridized carbons (Fsp3) is 0.867. The van der Waals surface area contributed by atoms with E-state index in [2.05, 4.69) is 6.08 Å². The van der Waals surface area contributed by atoms with Crippen molar-refractivity contribution in [1.82, 2.24) is 0 Å². The maximum Gasteiger partial charge on any atom is 0.0465 e. The molecule has 3 rings (SSSR count). The topological polar surface area (TPSA) is 9.23 Å². The van der Waals surface area contributed by atoms with Crippen molar-refractivity contribution in [2.24, 2.45) is 23.7 Å². The third-order valence-corrected chi connectivity index (χ3v) is 5.24. The molecule has 0 saturated heterocycles. The Morgan fingerprint density at radius 2 is 2.19 bits per heavy atom. The minimum absolute atomic E-state index is 0.921. The molecule has 3 aliphatic carbocycles. The molecule has 1 heteroatoms. The van der Waals surface area contributed by atoms with Crippen LogP contribution in [0.15, 0.2) is 11.6 Å². The first-order valence-electron chi connectivity index (χ1n) is 7.08. The third kappa shape index (κ3) is 1.73. The lowest BCUT2D eigenvalue weighted by Crippen LogP contribution is -2.18. The molecule has 0 amide bonds. The lowest BCUT2D eigenvalue weighted by atomic mass is 9.79. The number of unbranched alkanes of at least 4 members (excludes halogenated alkanes) is 1. The Labute approximate surface area is 99.3 Å². The van der Waals surface area contributed by atoms with Crippen LogP contribution in [0.5, 0.6) is 0 Å². The zero-order valence-corrected chi connectivity index (χ0v) is 10.5. The Kier molecular flexibility index (Phi) is 3.06. The van der Waals surface area contributed by atoms with Gasteiger partial charge < -0.3 is 4.74 Å². The summed E-state index contributed by atoms with van der Waals surface area (Å²) in [4.78, 5) is 0. The minimum atomic E-state index is 0.921. The molecule has 0 N–H and O–H groups in total. The van der Waals surface area contributed by atoms with Gasteiger partial charge in [-0.25, -0.2) is 0 Å². The summed E-state index contributed by atoms with van der Waals surface area (Å²) in [6, 6.07) is 0. The van der Waals surface area contributed by atoms with Crippen LogP contribution in [0.1, 0.15) is 44.9 Å². The molecule has 3 fully saturated rings. The van der Waals surface area contributed by atoms with Gasteiger partial charge in [-0.05, 0) is 62.2 Å². The van der Waals surface area contributed by atoms with E-state index in [1.54, 1.807) is 13.5 Å². The molecule has 0 aromatic rings. The molecule has 0 spiro atoms. The predicted molar refractivity (Wildman–Crippen MR) is 66.2 cm³/mol. The second-order valence-corrected chi connectivity index (χ2v) is 5.98. The van der Waals surface area contributed by atoms with E-state index in [1.165, 1.54) is 38.5 Å². The van der Waals surface area contributed by atoms with Gasteiger partial charge in [0, 0.05) is 13.7 Å². The quantitative estimate of drug-likeness (QED) is 0.517. The van der Waals surface area contributed by atoms with Crippen LogP contribution in [0.4, 0.5) is 0 Å². The molecular formula is C15H24O. The molecule has 16 heavy (non-hydrogen) atoms. The average molecular weight is 220 g/mol. The summed E-state index contributed by atoms with van der Waals surface area (Å²) in [6.07, 6.45) is 12.6. The largest absolute Gasteiger partial charge is 0.385 e. The first-order chi connectivity index (χ1) is 7.90. The fourth-order valence-electron chi connectivity index (χ4n) is 4.64. The van der Waals surface area contributed by atoms with Crippen LogP contribution in [0, 0.1) is 23.7 Å². The molecule has 90 valence electrons. The maximum absolute atomic E-state index is 5.11. The van der Waals surface area contributed by atoms with E-state index in [4.69, 9.17) is 4.74 Å². The molecule has 3 saturated carbocycles. The normalized spacial score (nSPS) is 43.2. The Balaban J connectivity index is 1.59. The number of hydrogen-bond donors (Lipinski definition) is 0. The van der Waals surface area contributed by atoms with Gasteiger partial charge in [0.25, 0.3) is 0 Å². The summed E-state index contributed by atoms with van der Waals surface area (Å²) in [6.45, 7) is 0.921. The zero-order chi connectivity index (χ0) is 11.0. The Hall–Kier alpha value is -0.300. The number of methoxy groups -OCH3 is 1. The van der Waals surface area contributed by atoms with E-state index in [-0.39, 0.29) is 0 Å². The summed E-state index contributed by atoms with van der Waals surface area (Å²) in [5, 5.41) is 0. The summed E-state index contributed by atoms with van der Waals surface area (Å²) < 4.78 is 5.11. The predicted octanol–water partition coefficient (Wildman–Crippen LogP) is 3.80. The van der Waals surface area contributed by atoms with Crippen molar-refractivity contribution in [3.63, 3.8) is 0 Å². The highest BCUT2D eigenvalue weighted by Gasteiger charge is 2.51. The highest BCUT2D eigenvalue weighted by molar-refractivity contribution is 5.21. The standard InChI is InChI=1S/C15H24O/c1-16-8-3-2-5-11-9-12-10-15(11)14-7-4-6-13(12)14/h5,12-15H,2-4,6-10H2,1H3/b11-5+. The van der Waals surface area contributed by atoms with Gasteiger partial charge >= 0.3 is 0 Å². The van der Waals surface area contributed by atoms with E-state index in [0.717, 1.165) is 30.3 Å². The molecule has 0 aliphatic heterocycles.